The summed E-state index contributed by atoms with van der Waals surface area (Å²) in [7, 11) is 1.68. The Balaban J connectivity index is 1.23. The highest BCUT2D eigenvalue weighted by Gasteiger charge is 2.44. The molecule has 1 amide bonds. The number of piperidine rings is 1. The topological polar surface area (TPSA) is 65.1 Å². The van der Waals surface area contributed by atoms with E-state index in [0.717, 1.165) is 12.8 Å². The normalized spacial score (nSPS) is 23.3. The zero-order chi connectivity index (χ0) is 23.5. The van der Waals surface area contributed by atoms with Gasteiger partial charge in [-0.2, -0.15) is 0 Å². The second kappa shape index (κ2) is 10.3. The van der Waals surface area contributed by atoms with E-state index in [4.69, 9.17) is 14.2 Å². The molecule has 0 spiro atoms. The molecule has 2 aliphatic heterocycles. The van der Waals surface area contributed by atoms with E-state index >= 15 is 0 Å². The minimum atomic E-state index is -0.286. The molecule has 6 nitrogen and oxygen atoms in total. The van der Waals surface area contributed by atoms with Gasteiger partial charge in [-0.1, -0.05) is 48.5 Å². The van der Waals surface area contributed by atoms with Crippen molar-refractivity contribution < 1.29 is 23.8 Å². The number of ketones is 1. The fourth-order valence-corrected chi connectivity index (χ4v) is 5.89. The van der Waals surface area contributed by atoms with Crippen LogP contribution in [0.3, 0.4) is 0 Å². The van der Waals surface area contributed by atoms with Crippen LogP contribution in [0.5, 0.6) is 0 Å². The minimum Gasteiger partial charge on any atom is -0.448 e. The number of rotatable bonds is 8. The molecule has 2 heterocycles. The van der Waals surface area contributed by atoms with Gasteiger partial charge in [0.25, 0.3) is 0 Å². The molecule has 0 N–H and O–H groups in total. The summed E-state index contributed by atoms with van der Waals surface area (Å²) in [5.41, 5.74) is 4.85. The van der Waals surface area contributed by atoms with Crippen LogP contribution >= 0.6 is 0 Å². The third-order valence-corrected chi connectivity index (χ3v) is 7.54. The number of fused-ring (bicyclic) bond motifs is 5. The number of hydrogen-bond acceptors (Lipinski definition) is 5. The number of ether oxygens (including phenoxy) is 3. The van der Waals surface area contributed by atoms with Crippen molar-refractivity contribution >= 4 is 11.9 Å². The summed E-state index contributed by atoms with van der Waals surface area (Å²) in [6.07, 6.45) is 3.36. The van der Waals surface area contributed by atoms with Crippen LogP contribution < -0.4 is 0 Å². The molecule has 6 heteroatoms. The van der Waals surface area contributed by atoms with E-state index in [0.29, 0.717) is 51.5 Å². The Labute approximate surface area is 201 Å². The van der Waals surface area contributed by atoms with Crippen molar-refractivity contribution in [3.63, 3.8) is 0 Å². The molecule has 2 bridgehead atoms. The van der Waals surface area contributed by atoms with Gasteiger partial charge in [0.1, 0.15) is 12.4 Å². The first-order valence-electron chi connectivity index (χ1n) is 12.4. The molecule has 5 rings (SSSR count). The molecule has 1 aliphatic carbocycles. The van der Waals surface area contributed by atoms with Gasteiger partial charge in [0.2, 0.25) is 0 Å². The van der Waals surface area contributed by atoms with Gasteiger partial charge in [-0.25, -0.2) is 4.79 Å². The van der Waals surface area contributed by atoms with Gasteiger partial charge in [-0.3, -0.25) is 9.69 Å². The van der Waals surface area contributed by atoms with E-state index in [1.807, 2.05) is 29.2 Å². The molecule has 2 fully saturated rings. The Morgan fingerprint density at radius 2 is 1.56 bits per heavy atom. The predicted octanol–water partition coefficient (Wildman–Crippen LogP) is 4.80. The molecule has 3 aliphatic rings. The molecule has 34 heavy (non-hydrogen) atoms. The van der Waals surface area contributed by atoms with E-state index < -0.39 is 0 Å². The summed E-state index contributed by atoms with van der Waals surface area (Å²) in [6.45, 7) is 1.93. The van der Waals surface area contributed by atoms with E-state index in [2.05, 4.69) is 24.3 Å². The van der Waals surface area contributed by atoms with Crippen LogP contribution in [0.4, 0.5) is 4.79 Å². The first-order chi connectivity index (χ1) is 16.7. The van der Waals surface area contributed by atoms with E-state index in [-0.39, 0.29) is 30.0 Å². The summed E-state index contributed by atoms with van der Waals surface area (Å²) >= 11 is 0. The van der Waals surface area contributed by atoms with Crippen LogP contribution in [-0.2, 0) is 19.0 Å². The number of Topliss-reactive ketones (excluding diaryl/α,β-unsaturated/α-hetero) is 1. The number of carbonyl (C=O) groups is 2. The summed E-state index contributed by atoms with van der Waals surface area (Å²) < 4.78 is 16.8. The second-order valence-electron chi connectivity index (χ2n) is 9.64. The molecule has 2 aromatic rings. The number of amides is 1. The first-order valence-corrected chi connectivity index (χ1v) is 12.4. The lowest BCUT2D eigenvalue weighted by Gasteiger charge is -2.47. The van der Waals surface area contributed by atoms with E-state index in [9.17, 15) is 9.59 Å². The van der Waals surface area contributed by atoms with Gasteiger partial charge in [-0.05, 0) is 47.9 Å². The van der Waals surface area contributed by atoms with E-state index in [1.165, 1.54) is 22.3 Å². The van der Waals surface area contributed by atoms with Crippen molar-refractivity contribution in [3.8, 4) is 11.1 Å². The van der Waals surface area contributed by atoms with Gasteiger partial charge in [0, 0.05) is 32.0 Å². The molecule has 0 aromatic heterocycles. The third kappa shape index (κ3) is 4.49. The van der Waals surface area contributed by atoms with Crippen molar-refractivity contribution in [1.29, 1.82) is 0 Å². The minimum absolute atomic E-state index is 0.000851. The Hall–Kier alpha value is -2.70. The molecule has 0 saturated carbocycles. The maximum atomic E-state index is 13.3. The van der Waals surface area contributed by atoms with Crippen molar-refractivity contribution in [2.75, 3.05) is 33.5 Å². The van der Waals surface area contributed by atoms with Crippen LogP contribution in [0.25, 0.3) is 11.1 Å². The largest absolute Gasteiger partial charge is 0.448 e. The number of hydrogen-bond donors (Lipinski definition) is 0. The van der Waals surface area contributed by atoms with Crippen molar-refractivity contribution in [2.45, 2.75) is 50.1 Å². The molecular formula is C28H33NO5. The number of benzene rings is 2. The molecule has 0 radical (unpaired) electrons. The third-order valence-electron chi connectivity index (χ3n) is 7.54. The van der Waals surface area contributed by atoms with Gasteiger partial charge in [0.05, 0.1) is 25.3 Å². The summed E-state index contributed by atoms with van der Waals surface area (Å²) in [5, 5.41) is 0. The van der Waals surface area contributed by atoms with Crippen molar-refractivity contribution in [3.05, 3.63) is 59.7 Å². The van der Waals surface area contributed by atoms with Crippen LogP contribution in [0.2, 0.25) is 0 Å². The van der Waals surface area contributed by atoms with Crippen LogP contribution in [-0.4, -0.2) is 62.4 Å². The number of methoxy groups -OCH3 is 1. The molecule has 2 aromatic carbocycles. The highest BCUT2D eigenvalue weighted by Crippen LogP contribution is 2.44. The van der Waals surface area contributed by atoms with E-state index in [1.54, 1.807) is 7.11 Å². The molecule has 2 saturated heterocycles. The zero-order valence-electron chi connectivity index (χ0n) is 19.8. The lowest BCUT2D eigenvalue weighted by molar-refractivity contribution is -0.131. The summed E-state index contributed by atoms with van der Waals surface area (Å²) in [5.74, 6) is 0.345. The monoisotopic (exact) mass is 463 g/mol. The lowest BCUT2D eigenvalue weighted by Crippen LogP contribution is -2.60. The Morgan fingerprint density at radius 1 is 0.941 bits per heavy atom. The maximum absolute atomic E-state index is 13.3. The SMILES string of the molecule is COCCCCC(=O)C1CC2COCC(C1)N2C(=O)OCC1c2ccccc2-c2ccccc21. The fraction of sp³-hybridized carbons (Fsp3) is 0.500. The Bertz CT molecular complexity index is 977. The zero-order valence-corrected chi connectivity index (χ0v) is 19.8. The van der Waals surface area contributed by atoms with Gasteiger partial charge in [-0.15, -0.1) is 0 Å². The van der Waals surface area contributed by atoms with Gasteiger partial charge >= 0.3 is 6.09 Å². The quantitative estimate of drug-likeness (QED) is 0.526. The summed E-state index contributed by atoms with van der Waals surface area (Å²) in [4.78, 5) is 27.9. The number of carbonyl (C=O) groups excluding carboxylic acids is 2. The van der Waals surface area contributed by atoms with Crippen LogP contribution in [0.1, 0.15) is 49.1 Å². The van der Waals surface area contributed by atoms with Crippen molar-refractivity contribution in [1.82, 2.24) is 4.90 Å². The predicted molar refractivity (Wildman–Crippen MR) is 129 cm³/mol. The molecule has 2 atom stereocenters. The van der Waals surface area contributed by atoms with Crippen LogP contribution in [0.15, 0.2) is 48.5 Å². The Kier molecular flexibility index (Phi) is 6.97. The molecule has 180 valence electrons. The Morgan fingerprint density at radius 3 is 2.18 bits per heavy atom. The smallest absolute Gasteiger partial charge is 0.410 e. The standard InChI is InChI=1S/C28H33NO5/c1-32-13-7-6-12-27(30)19-14-20-16-33-17-21(15-19)29(20)28(31)34-18-26-24-10-4-2-8-22(24)23-9-3-5-11-25(23)26/h2-5,8-11,19-21,26H,6-7,12-18H2,1H3. The second-order valence-corrected chi connectivity index (χ2v) is 9.64. The number of nitrogens with zero attached hydrogens (tertiary/aromatic N) is 1. The highest BCUT2D eigenvalue weighted by atomic mass is 16.6. The maximum Gasteiger partial charge on any atom is 0.410 e. The average molecular weight is 464 g/mol. The van der Waals surface area contributed by atoms with Gasteiger partial charge in [0.15, 0.2) is 0 Å². The highest BCUT2D eigenvalue weighted by molar-refractivity contribution is 5.82. The first kappa shape index (κ1) is 23.1. The average Bonchev–Trinajstić information content (AvgIpc) is 3.18. The molecular weight excluding hydrogens is 430 g/mol. The lowest BCUT2D eigenvalue weighted by atomic mass is 9.81. The van der Waals surface area contributed by atoms with Crippen LogP contribution in [0, 0.1) is 5.92 Å². The summed E-state index contributed by atoms with van der Waals surface area (Å²) in [6, 6.07) is 16.5. The van der Waals surface area contributed by atoms with Gasteiger partial charge < -0.3 is 14.2 Å². The molecule has 2 unspecified atom stereocenters. The van der Waals surface area contributed by atoms with Crippen molar-refractivity contribution in [2.24, 2.45) is 5.92 Å². The number of unbranched alkanes of at least 4 members (excludes halogenated alkanes) is 1. The number of morpholine rings is 1. The fourth-order valence-electron chi connectivity index (χ4n) is 5.89.